The van der Waals surface area contributed by atoms with E-state index in [0.717, 1.165) is 28.2 Å². The lowest BCUT2D eigenvalue weighted by molar-refractivity contribution is 0.0599. The lowest BCUT2D eigenvalue weighted by Gasteiger charge is -2.07. The average Bonchev–Trinajstić information content (AvgIpc) is 3.21. The van der Waals surface area contributed by atoms with Crippen molar-refractivity contribution < 1.29 is 24.2 Å². The van der Waals surface area contributed by atoms with Crippen LogP contribution >= 0.6 is 11.3 Å². The Hall–Kier alpha value is -3.45. The summed E-state index contributed by atoms with van der Waals surface area (Å²) in [6.45, 7) is 0.383. The third-order valence-corrected chi connectivity index (χ3v) is 4.76. The number of carbonyl (C=O) groups excluding carboxylic acids is 1. The summed E-state index contributed by atoms with van der Waals surface area (Å²) < 4.78 is 10.4. The molecule has 7 heteroatoms. The number of hydrogen-bond acceptors (Lipinski definition) is 6. The van der Waals surface area contributed by atoms with Gasteiger partial charge in [-0.1, -0.05) is 30.3 Å². The number of carboxylic acids is 1. The molecule has 0 atom stereocenters. The van der Waals surface area contributed by atoms with Gasteiger partial charge in [-0.05, 0) is 41.5 Å². The van der Waals surface area contributed by atoms with E-state index in [1.54, 1.807) is 18.2 Å². The molecule has 0 saturated heterocycles. The molecule has 0 fully saturated rings. The molecule has 0 spiro atoms. The summed E-state index contributed by atoms with van der Waals surface area (Å²) in [5.41, 5.74) is 2.38. The van der Waals surface area contributed by atoms with Crippen LogP contribution in [0.5, 0.6) is 5.75 Å². The Balaban J connectivity index is 1.56. The van der Waals surface area contributed by atoms with Gasteiger partial charge in [0.2, 0.25) is 0 Å². The van der Waals surface area contributed by atoms with Gasteiger partial charge in [-0.3, -0.25) is 0 Å². The van der Waals surface area contributed by atoms with Gasteiger partial charge in [-0.2, -0.15) is 0 Å². The van der Waals surface area contributed by atoms with Crippen molar-refractivity contribution in [1.29, 1.82) is 0 Å². The Morgan fingerprint density at radius 3 is 2.39 bits per heavy atom. The highest BCUT2D eigenvalue weighted by atomic mass is 32.1. The molecule has 1 aromatic heterocycles. The Labute approximate surface area is 165 Å². The first-order valence-electron chi connectivity index (χ1n) is 8.32. The fraction of sp³-hybridized carbons (Fsp3) is 0.0952. The highest BCUT2D eigenvalue weighted by Crippen LogP contribution is 2.18. The molecule has 1 heterocycles. The molecule has 0 bridgehead atoms. The molecule has 0 radical (unpaired) electrons. The molecule has 1 N–H and O–H groups in total. The van der Waals surface area contributed by atoms with Crippen LogP contribution in [0.2, 0.25) is 0 Å². The summed E-state index contributed by atoms with van der Waals surface area (Å²) in [4.78, 5) is 26.5. The van der Waals surface area contributed by atoms with Gasteiger partial charge in [0.15, 0.2) is 0 Å². The quantitative estimate of drug-likeness (QED) is 0.598. The van der Waals surface area contributed by atoms with Crippen LogP contribution in [-0.2, 0) is 11.3 Å². The molecular formula is C21H17NO5S. The maximum Gasteiger partial charge on any atom is 0.347 e. The van der Waals surface area contributed by atoms with E-state index in [4.69, 9.17) is 9.84 Å². The number of aromatic nitrogens is 1. The number of nitrogens with zero attached hydrogens (tertiary/aromatic N) is 1. The van der Waals surface area contributed by atoms with Crippen molar-refractivity contribution in [3.05, 3.63) is 81.3 Å². The highest BCUT2D eigenvalue weighted by molar-refractivity contribution is 7.14. The predicted octanol–water partition coefficient (Wildman–Crippen LogP) is 4.38. The second kappa shape index (κ2) is 8.96. The maximum absolute atomic E-state index is 11.4. The summed E-state index contributed by atoms with van der Waals surface area (Å²) in [5.74, 6) is -0.622. The number of ether oxygens (including phenoxy) is 2. The third kappa shape index (κ3) is 5.05. The van der Waals surface area contributed by atoms with E-state index in [1.165, 1.54) is 13.3 Å². The lowest BCUT2D eigenvalue weighted by Crippen LogP contribution is -2.01. The largest absolute Gasteiger partial charge is 0.489 e. The van der Waals surface area contributed by atoms with Crippen molar-refractivity contribution >= 4 is 35.4 Å². The molecule has 0 aliphatic rings. The van der Waals surface area contributed by atoms with Crippen molar-refractivity contribution in [3.63, 3.8) is 0 Å². The molecule has 0 aliphatic heterocycles. The zero-order valence-electron chi connectivity index (χ0n) is 15.0. The van der Waals surface area contributed by atoms with Crippen LogP contribution in [0.4, 0.5) is 0 Å². The molecule has 0 unspecified atom stereocenters. The fourth-order valence-electron chi connectivity index (χ4n) is 2.33. The molecule has 3 rings (SSSR count). The first kappa shape index (κ1) is 19.3. The number of carboxylic acid groups (broad SMARTS) is 1. The molecule has 0 amide bonds. The highest BCUT2D eigenvalue weighted by Gasteiger charge is 2.06. The third-order valence-electron chi connectivity index (χ3n) is 3.81. The second-order valence-corrected chi connectivity index (χ2v) is 6.81. The molecule has 2 aromatic carbocycles. The Bertz CT molecular complexity index is 990. The minimum Gasteiger partial charge on any atom is -0.489 e. The van der Waals surface area contributed by atoms with E-state index >= 15 is 0 Å². The first-order chi connectivity index (χ1) is 13.5. The van der Waals surface area contributed by atoms with Gasteiger partial charge in [0, 0.05) is 0 Å². The molecule has 28 heavy (non-hydrogen) atoms. The van der Waals surface area contributed by atoms with Gasteiger partial charge in [0.25, 0.3) is 0 Å². The number of benzene rings is 2. The van der Waals surface area contributed by atoms with Gasteiger partial charge in [-0.15, -0.1) is 11.3 Å². The standard InChI is InChI=1S/C21H17NO5S/c1-26-21(25)16-7-2-15(3-8-16)13-27-17-9-4-14(5-10-17)6-11-19-22-12-18(28-19)20(23)24/h2-12H,13H2,1H3,(H,23,24)/b11-6+. The molecule has 0 saturated carbocycles. The first-order valence-corrected chi connectivity index (χ1v) is 9.14. The van der Waals surface area contributed by atoms with Crippen LogP contribution in [0, 0.1) is 0 Å². The summed E-state index contributed by atoms with van der Waals surface area (Å²) in [6, 6.07) is 14.6. The Kier molecular flexibility index (Phi) is 6.18. The van der Waals surface area contributed by atoms with E-state index in [9.17, 15) is 9.59 Å². The van der Waals surface area contributed by atoms with Gasteiger partial charge < -0.3 is 14.6 Å². The van der Waals surface area contributed by atoms with Crippen LogP contribution < -0.4 is 4.74 Å². The van der Waals surface area contributed by atoms with Crippen LogP contribution in [0.25, 0.3) is 12.2 Å². The number of rotatable bonds is 7. The minimum atomic E-state index is -0.974. The molecular weight excluding hydrogens is 378 g/mol. The number of hydrogen-bond donors (Lipinski definition) is 1. The smallest absolute Gasteiger partial charge is 0.347 e. The topological polar surface area (TPSA) is 85.7 Å². The monoisotopic (exact) mass is 395 g/mol. The molecule has 0 aliphatic carbocycles. The van der Waals surface area contributed by atoms with Crippen molar-refractivity contribution in [3.8, 4) is 5.75 Å². The number of carbonyl (C=O) groups is 2. The summed E-state index contributed by atoms with van der Waals surface area (Å²) in [6.07, 6.45) is 4.98. The zero-order chi connectivity index (χ0) is 19.9. The normalized spacial score (nSPS) is 10.8. The zero-order valence-corrected chi connectivity index (χ0v) is 15.8. The van der Waals surface area contributed by atoms with Crippen molar-refractivity contribution in [2.24, 2.45) is 0 Å². The number of thiazole rings is 1. The summed E-state index contributed by atoms with van der Waals surface area (Å²) >= 11 is 1.12. The summed E-state index contributed by atoms with van der Waals surface area (Å²) in [5, 5.41) is 9.54. The minimum absolute atomic E-state index is 0.211. The van der Waals surface area contributed by atoms with E-state index in [2.05, 4.69) is 9.72 Å². The van der Waals surface area contributed by atoms with Crippen LogP contribution in [-0.4, -0.2) is 29.1 Å². The SMILES string of the molecule is COC(=O)c1ccc(COc2ccc(/C=C/c3ncc(C(=O)O)s3)cc2)cc1. The fourth-order valence-corrected chi connectivity index (χ4v) is 2.99. The number of aromatic carboxylic acids is 1. The van der Waals surface area contributed by atoms with Gasteiger partial charge in [0.05, 0.1) is 18.9 Å². The number of esters is 1. The predicted molar refractivity (Wildman–Crippen MR) is 107 cm³/mol. The van der Waals surface area contributed by atoms with Crippen LogP contribution in [0.1, 0.15) is 36.2 Å². The summed E-state index contributed by atoms with van der Waals surface area (Å²) in [7, 11) is 1.35. The van der Waals surface area contributed by atoms with Crippen LogP contribution in [0.3, 0.4) is 0 Å². The molecule has 6 nitrogen and oxygen atoms in total. The van der Waals surface area contributed by atoms with E-state index < -0.39 is 5.97 Å². The van der Waals surface area contributed by atoms with Crippen molar-refractivity contribution in [2.45, 2.75) is 6.61 Å². The van der Waals surface area contributed by atoms with E-state index in [-0.39, 0.29) is 10.8 Å². The molecule has 3 aromatic rings. The Morgan fingerprint density at radius 2 is 1.79 bits per heavy atom. The molecule has 142 valence electrons. The maximum atomic E-state index is 11.4. The Morgan fingerprint density at radius 1 is 1.07 bits per heavy atom. The van der Waals surface area contributed by atoms with Crippen molar-refractivity contribution in [2.75, 3.05) is 7.11 Å². The van der Waals surface area contributed by atoms with E-state index in [1.807, 2.05) is 42.5 Å². The van der Waals surface area contributed by atoms with Gasteiger partial charge in [-0.25, -0.2) is 14.6 Å². The van der Waals surface area contributed by atoms with E-state index in [0.29, 0.717) is 17.2 Å². The lowest BCUT2D eigenvalue weighted by atomic mass is 10.1. The van der Waals surface area contributed by atoms with Gasteiger partial charge in [0.1, 0.15) is 22.2 Å². The second-order valence-electron chi connectivity index (χ2n) is 5.75. The average molecular weight is 395 g/mol. The number of methoxy groups -OCH3 is 1. The van der Waals surface area contributed by atoms with Crippen LogP contribution in [0.15, 0.2) is 54.7 Å². The van der Waals surface area contributed by atoms with Crippen molar-refractivity contribution in [1.82, 2.24) is 4.98 Å². The van der Waals surface area contributed by atoms with Gasteiger partial charge >= 0.3 is 11.9 Å².